The van der Waals surface area contributed by atoms with Crippen LogP contribution in [-0.2, 0) is 24.3 Å². The SMILES string of the molecule is O=C(COC(=O)C1CCN(S(=O)(=O)c2cccs2)CC1)Nc1cccc(F)c1. The Bertz CT molecular complexity index is 939. The monoisotopic (exact) mass is 426 g/mol. The Morgan fingerprint density at radius 1 is 1.21 bits per heavy atom. The molecule has 0 radical (unpaired) electrons. The summed E-state index contributed by atoms with van der Waals surface area (Å²) in [5.74, 6) is -2.06. The molecular weight excluding hydrogens is 407 g/mol. The summed E-state index contributed by atoms with van der Waals surface area (Å²) in [6.45, 7) is -0.0476. The largest absolute Gasteiger partial charge is 0.455 e. The van der Waals surface area contributed by atoms with Crippen molar-refractivity contribution in [3.05, 3.63) is 47.6 Å². The number of thiophene rings is 1. The van der Waals surface area contributed by atoms with Crippen molar-refractivity contribution in [2.24, 2.45) is 5.92 Å². The molecule has 1 aliphatic rings. The number of carbonyl (C=O) groups excluding carboxylic acids is 2. The molecule has 10 heteroatoms. The smallest absolute Gasteiger partial charge is 0.309 e. The summed E-state index contributed by atoms with van der Waals surface area (Å²) >= 11 is 1.15. The second kappa shape index (κ2) is 8.80. The number of ether oxygens (including phenoxy) is 1. The Morgan fingerprint density at radius 3 is 2.61 bits per heavy atom. The number of rotatable bonds is 6. The number of amides is 1. The number of carbonyl (C=O) groups is 2. The van der Waals surface area contributed by atoms with Gasteiger partial charge in [0.1, 0.15) is 10.0 Å². The molecule has 7 nitrogen and oxygen atoms in total. The van der Waals surface area contributed by atoms with E-state index in [0.717, 1.165) is 17.4 Å². The number of hydrogen-bond acceptors (Lipinski definition) is 6. The highest BCUT2D eigenvalue weighted by Gasteiger charge is 2.33. The van der Waals surface area contributed by atoms with Crippen LogP contribution in [-0.4, -0.2) is 44.3 Å². The molecule has 0 aliphatic carbocycles. The van der Waals surface area contributed by atoms with Crippen LogP contribution in [0.3, 0.4) is 0 Å². The Hall–Kier alpha value is -2.30. The fourth-order valence-corrected chi connectivity index (χ4v) is 5.50. The number of esters is 1. The first-order valence-electron chi connectivity index (χ1n) is 8.62. The zero-order chi connectivity index (χ0) is 20.1. The van der Waals surface area contributed by atoms with E-state index in [-0.39, 0.29) is 23.0 Å². The van der Waals surface area contributed by atoms with Crippen LogP contribution in [0.15, 0.2) is 46.0 Å². The van der Waals surface area contributed by atoms with E-state index < -0.39 is 40.2 Å². The minimum Gasteiger partial charge on any atom is -0.455 e. The standard InChI is InChI=1S/C18H19FN2O5S2/c19-14-3-1-4-15(11-14)20-16(22)12-26-18(23)13-6-8-21(9-7-13)28(24,25)17-5-2-10-27-17/h1-5,10-11,13H,6-9,12H2,(H,20,22). The van der Waals surface area contributed by atoms with E-state index in [2.05, 4.69) is 5.32 Å². The van der Waals surface area contributed by atoms with Crippen molar-refractivity contribution in [3.63, 3.8) is 0 Å². The molecule has 0 saturated carbocycles. The third-order valence-corrected chi connectivity index (χ3v) is 7.60. The summed E-state index contributed by atoms with van der Waals surface area (Å²) in [4.78, 5) is 24.0. The lowest BCUT2D eigenvalue weighted by Gasteiger charge is -2.29. The minimum absolute atomic E-state index is 0.218. The average Bonchev–Trinajstić information content (AvgIpc) is 3.22. The number of nitrogens with one attached hydrogen (secondary N) is 1. The lowest BCUT2D eigenvalue weighted by Crippen LogP contribution is -2.40. The van der Waals surface area contributed by atoms with Gasteiger partial charge in [0.05, 0.1) is 5.92 Å². The highest BCUT2D eigenvalue weighted by molar-refractivity contribution is 7.91. The van der Waals surface area contributed by atoms with Crippen LogP contribution in [0.25, 0.3) is 0 Å². The zero-order valence-corrected chi connectivity index (χ0v) is 16.5. The van der Waals surface area contributed by atoms with E-state index in [0.29, 0.717) is 12.8 Å². The van der Waals surface area contributed by atoms with Crippen molar-refractivity contribution in [2.45, 2.75) is 17.1 Å². The van der Waals surface area contributed by atoms with E-state index in [1.807, 2.05) is 0 Å². The second-order valence-electron chi connectivity index (χ2n) is 6.28. The third-order valence-electron chi connectivity index (χ3n) is 4.33. The van der Waals surface area contributed by atoms with Crippen LogP contribution >= 0.6 is 11.3 Å². The number of hydrogen-bond donors (Lipinski definition) is 1. The number of nitrogens with zero attached hydrogens (tertiary/aromatic N) is 1. The molecule has 0 spiro atoms. The van der Waals surface area contributed by atoms with Crippen molar-refractivity contribution < 1.29 is 27.1 Å². The molecule has 1 aromatic carbocycles. The van der Waals surface area contributed by atoms with Crippen LogP contribution in [0.5, 0.6) is 0 Å². The Kier molecular flexibility index (Phi) is 6.42. The van der Waals surface area contributed by atoms with E-state index in [1.165, 1.54) is 22.5 Å². The molecule has 0 atom stereocenters. The lowest BCUT2D eigenvalue weighted by atomic mass is 9.98. The molecule has 1 saturated heterocycles. The summed E-state index contributed by atoms with van der Waals surface area (Å²) in [5.41, 5.74) is 0.271. The molecule has 2 aromatic rings. The van der Waals surface area contributed by atoms with Gasteiger partial charge in [0, 0.05) is 18.8 Å². The number of halogens is 1. The van der Waals surface area contributed by atoms with Crippen LogP contribution in [0.2, 0.25) is 0 Å². The maximum absolute atomic E-state index is 13.1. The van der Waals surface area contributed by atoms with Crippen molar-refractivity contribution in [2.75, 3.05) is 25.0 Å². The summed E-state index contributed by atoms with van der Waals surface area (Å²) in [5, 5.41) is 4.14. The molecule has 0 unspecified atom stereocenters. The average molecular weight is 426 g/mol. The third kappa shape index (κ3) is 4.94. The van der Waals surface area contributed by atoms with Gasteiger partial charge in [-0.25, -0.2) is 12.8 Å². The Balaban J connectivity index is 1.46. The van der Waals surface area contributed by atoms with Crippen molar-refractivity contribution in [3.8, 4) is 0 Å². The maximum atomic E-state index is 13.1. The molecule has 2 heterocycles. The van der Waals surface area contributed by atoms with Gasteiger partial charge in [-0.1, -0.05) is 12.1 Å². The predicted octanol–water partition coefficient (Wildman–Crippen LogP) is 2.47. The first kappa shape index (κ1) is 20.4. The molecule has 3 rings (SSSR count). The first-order chi connectivity index (χ1) is 13.4. The highest BCUT2D eigenvalue weighted by atomic mass is 32.2. The van der Waals surface area contributed by atoms with Crippen molar-refractivity contribution in [1.29, 1.82) is 0 Å². The summed E-state index contributed by atoms with van der Waals surface area (Å²) in [7, 11) is -3.53. The molecule has 28 heavy (non-hydrogen) atoms. The van der Waals surface area contributed by atoms with Crippen LogP contribution in [0.1, 0.15) is 12.8 Å². The van der Waals surface area contributed by atoms with Gasteiger partial charge in [-0.15, -0.1) is 11.3 Å². The van der Waals surface area contributed by atoms with Crippen LogP contribution < -0.4 is 5.32 Å². The fraction of sp³-hybridized carbons (Fsp3) is 0.333. The summed E-state index contributed by atoms with van der Waals surface area (Å²) in [6.07, 6.45) is 0.657. The van der Waals surface area contributed by atoms with E-state index in [4.69, 9.17) is 4.74 Å². The molecule has 1 amide bonds. The summed E-state index contributed by atoms with van der Waals surface area (Å²) in [6, 6.07) is 8.61. The molecule has 0 bridgehead atoms. The van der Waals surface area contributed by atoms with E-state index >= 15 is 0 Å². The number of anilines is 1. The topological polar surface area (TPSA) is 92.8 Å². The molecule has 1 aromatic heterocycles. The zero-order valence-electron chi connectivity index (χ0n) is 14.8. The molecule has 1 N–H and O–H groups in total. The number of sulfonamides is 1. The quantitative estimate of drug-likeness (QED) is 0.717. The lowest BCUT2D eigenvalue weighted by molar-refractivity contribution is -0.152. The number of benzene rings is 1. The highest BCUT2D eigenvalue weighted by Crippen LogP contribution is 2.26. The molecule has 1 fully saturated rings. The predicted molar refractivity (Wildman–Crippen MR) is 102 cm³/mol. The first-order valence-corrected chi connectivity index (χ1v) is 10.9. The molecular formula is C18H19FN2O5S2. The second-order valence-corrected chi connectivity index (χ2v) is 9.39. The van der Waals surface area contributed by atoms with Gasteiger partial charge in [0.15, 0.2) is 6.61 Å². The van der Waals surface area contributed by atoms with Gasteiger partial charge in [-0.3, -0.25) is 9.59 Å². The van der Waals surface area contributed by atoms with Gasteiger partial charge in [0.2, 0.25) is 0 Å². The molecule has 1 aliphatic heterocycles. The van der Waals surface area contributed by atoms with E-state index in [9.17, 15) is 22.4 Å². The van der Waals surface area contributed by atoms with Crippen molar-refractivity contribution >= 4 is 38.9 Å². The summed E-state index contributed by atoms with van der Waals surface area (Å²) < 4.78 is 44.7. The van der Waals surface area contributed by atoms with Crippen molar-refractivity contribution in [1.82, 2.24) is 4.31 Å². The van der Waals surface area contributed by atoms with Gasteiger partial charge >= 0.3 is 5.97 Å². The van der Waals surface area contributed by atoms with Gasteiger partial charge in [0.25, 0.3) is 15.9 Å². The minimum atomic E-state index is -3.53. The maximum Gasteiger partial charge on any atom is 0.309 e. The Morgan fingerprint density at radius 2 is 1.96 bits per heavy atom. The molecule has 150 valence electrons. The van der Waals surface area contributed by atoms with Gasteiger partial charge in [-0.2, -0.15) is 4.31 Å². The normalized spacial score (nSPS) is 15.9. The van der Waals surface area contributed by atoms with E-state index in [1.54, 1.807) is 17.5 Å². The van der Waals surface area contributed by atoms with Crippen LogP contribution in [0.4, 0.5) is 10.1 Å². The van der Waals surface area contributed by atoms with Gasteiger partial charge in [-0.05, 0) is 42.5 Å². The Labute approximate surface area is 166 Å². The van der Waals surface area contributed by atoms with Crippen LogP contribution in [0, 0.1) is 11.7 Å². The fourth-order valence-electron chi connectivity index (χ4n) is 2.89. The van der Waals surface area contributed by atoms with Gasteiger partial charge < -0.3 is 10.1 Å². The number of piperidine rings is 1.